The Morgan fingerprint density at radius 1 is 1.14 bits per heavy atom. The Morgan fingerprint density at radius 2 is 1.95 bits per heavy atom. The maximum Gasteiger partial charge on any atom is 0.177 e. The van der Waals surface area contributed by atoms with Crippen LogP contribution >= 0.6 is 34.5 Å². The first-order valence-electron chi connectivity index (χ1n) is 6.20. The zero-order valence-electron chi connectivity index (χ0n) is 10.7. The summed E-state index contributed by atoms with van der Waals surface area (Å²) in [5.74, 6) is -0.359. The van der Waals surface area contributed by atoms with E-state index in [0.717, 1.165) is 10.1 Å². The van der Waals surface area contributed by atoms with E-state index >= 15 is 0 Å². The number of hydrogen-bond donors (Lipinski definition) is 0. The number of Topliss-reactive ketones (excluding diaryl/α,β-unsaturated/α-hetero) is 1. The summed E-state index contributed by atoms with van der Waals surface area (Å²) < 4.78 is 13.9. The summed E-state index contributed by atoms with van der Waals surface area (Å²) in [7, 11) is 0. The van der Waals surface area contributed by atoms with Crippen LogP contribution in [0.2, 0.25) is 10.0 Å². The normalized spacial score (nSPS) is 11.0. The SMILES string of the molecule is O=C(Cc1cccc(Cl)c1Cl)c1cc2ccc(F)cc2s1. The molecule has 1 aromatic heterocycles. The minimum absolute atomic E-state index is 0.0548. The Bertz CT molecular complexity index is 841. The highest BCUT2D eigenvalue weighted by atomic mass is 35.5. The molecule has 0 unspecified atom stereocenters. The van der Waals surface area contributed by atoms with Gasteiger partial charge < -0.3 is 0 Å². The van der Waals surface area contributed by atoms with Gasteiger partial charge in [0.2, 0.25) is 0 Å². The number of ketones is 1. The van der Waals surface area contributed by atoms with Crippen molar-refractivity contribution in [2.24, 2.45) is 0 Å². The molecule has 0 fully saturated rings. The molecule has 3 aromatic rings. The number of hydrogen-bond acceptors (Lipinski definition) is 2. The van der Waals surface area contributed by atoms with Crippen molar-refractivity contribution in [2.75, 3.05) is 0 Å². The highest BCUT2D eigenvalue weighted by Crippen LogP contribution is 2.30. The number of fused-ring (bicyclic) bond motifs is 1. The van der Waals surface area contributed by atoms with E-state index in [1.165, 1.54) is 23.5 Å². The van der Waals surface area contributed by atoms with Gasteiger partial charge in [0, 0.05) is 11.1 Å². The third-order valence-electron chi connectivity index (χ3n) is 3.14. The van der Waals surface area contributed by atoms with Gasteiger partial charge >= 0.3 is 0 Å². The number of carbonyl (C=O) groups is 1. The number of thiophene rings is 1. The van der Waals surface area contributed by atoms with E-state index in [9.17, 15) is 9.18 Å². The number of halogens is 3. The van der Waals surface area contributed by atoms with Crippen molar-refractivity contribution in [3.05, 3.63) is 68.8 Å². The average Bonchev–Trinajstić information content (AvgIpc) is 2.87. The van der Waals surface area contributed by atoms with Crippen LogP contribution in [-0.4, -0.2) is 5.78 Å². The smallest absolute Gasteiger partial charge is 0.177 e. The fourth-order valence-electron chi connectivity index (χ4n) is 2.09. The summed E-state index contributed by atoms with van der Waals surface area (Å²) in [6, 6.07) is 11.5. The van der Waals surface area contributed by atoms with Gasteiger partial charge in [-0.15, -0.1) is 11.3 Å². The molecule has 0 aliphatic rings. The zero-order valence-corrected chi connectivity index (χ0v) is 13.0. The molecule has 2 aromatic carbocycles. The van der Waals surface area contributed by atoms with E-state index in [0.29, 0.717) is 20.5 Å². The summed E-state index contributed by atoms with van der Waals surface area (Å²) in [5, 5.41) is 1.70. The van der Waals surface area contributed by atoms with E-state index in [2.05, 4.69) is 0 Å². The number of rotatable bonds is 3. The van der Waals surface area contributed by atoms with Gasteiger partial charge in [0.1, 0.15) is 5.82 Å². The van der Waals surface area contributed by atoms with Crippen LogP contribution in [0.3, 0.4) is 0 Å². The van der Waals surface area contributed by atoms with Gasteiger partial charge in [0.25, 0.3) is 0 Å². The highest BCUT2D eigenvalue weighted by Gasteiger charge is 2.14. The van der Waals surface area contributed by atoms with Crippen molar-refractivity contribution >= 4 is 50.4 Å². The third-order valence-corrected chi connectivity index (χ3v) is 5.14. The standard InChI is InChI=1S/C16H9Cl2FOS/c17-12-3-1-2-10(16(12)18)6-13(20)15-7-9-4-5-11(19)8-14(9)21-15/h1-5,7-8H,6H2. The molecule has 0 aliphatic heterocycles. The average molecular weight is 339 g/mol. The van der Waals surface area contributed by atoms with Crippen LogP contribution in [0.5, 0.6) is 0 Å². The summed E-state index contributed by atoms with van der Waals surface area (Å²) in [6.07, 6.45) is 0.175. The molecule has 0 N–H and O–H groups in total. The van der Waals surface area contributed by atoms with Crippen molar-refractivity contribution < 1.29 is 9.18 Å². The second-order valence-corrected chi connectivity index (χ2v) is 6.47. The molecule has 0 aliphatic carbocycles. The molecule has 0 bridgehead atoms. The lowest BCUT2D eigenvalue weighted by atomic mass is 10.1. The molecule has 21 heavy (non-hydrogen) atoms. The monoisotopic (exact) mass is 338 g/mol. The van der Waals surface area contributed by atoms with Crippen molar-refractivity contribution in [1.29, 1.82) is 0 Å². The van der Waals surface area contributed by atoms with Crippen molar-refractivity contribution in [2.45, 2.75) is 6.42 Å². The topological polar surface area (TPSA) is 17.1 Å². The Hall–Kier alpha value is -1.42. The van der Waals surface area contributed by atoms with Gasteiger partial charge in [-0.05, 0) is 35.2 Å². The molecule has 3 rings (SSSR count). The second kappa shape index (κ2) is 5.76. The molecule has 1 heterocycles. The van der Waals surface area contributed by atoms with Crippen LogP contribution in [-0.2, 0) is 6.42 Å². The van der Waals surface area contributed by atoms with Crippen molar-refractivity contribution in [3.63, 3.8) is 0 Å². The molecule has 0 radical (unpaired) electrons. The van der Waals surface area contributed by atoms with Crippen LogP contribution < -0.4 is 0 Å². The van der Waals surface area contributed by atoms with E-state index in [4.69, 9.17) is 23.2 Å². The molecule has 106 valence electrons. The predicted octanol–water partition coefficient (Wildman–Crippen LogP) is 5.77. The molecule has 0 saturated carbocycles. The molecular formula is C16H9Cl2FOS. The summed E-state index contributed by atoms with van der Waals surface area (Å²) in [6.45, 7) is 0. The van der Waals surface area contributed by atoms with Gasteiger partial charge in [-0.2, -0.15) is 0 Å². The minimum atomic E-state index is -0.304. The van der Waals surface area contributed by atoms with Crippen LogP contribution in [0.15, 0.2) is 42.5 Å². The quantitative estimate of drug-likeness (QED) is 0.554. The fraction of sp³-hybridized carbons (Fsp3) is 0.0625. The van der Waals surface area contributed by atoms with Gasteiger partial charge in [0.05, 0.1) is 14.9 Å². The lowest BCUT2D eigenvalue weighted by Crippen LogP contribution is -2.01. The second-order valence-electron chi connectivity index (χ2n) is 4.61. The molecular weight excluding hydrogens is 330 g/mol. The third kappa shape index (κ3) is 2.95. The summed E-state index contributed by atoms with van der Waals surface area (Å²) in [4.78, 5) is 12.9. The Morgan fingerprint density at radius 3 is 2.76 bits per heavy atom. The van der Waals surface area contributed by atoms with Gasteiger partial charge in [-0.25, -0.2) is 4.39 Å². The van der Waals surface area contributed by atoms with Gasteiger partial charge in [0.15, 0.2) is 5.78 Å². The Kier molecular flexibility index (Phi) is 3.98. The van der Waals surface area contributed by atoms with Crippen LogP contribution in [0.25, 0.3) is 10.1 Å². The van der Waals surface area contributed by atoms with Crippen LogP contribution in [0.4, 0.5) is 4.39 Å². The molecule has 0 amide bonds. The van der Waals surface area contributed by atoms with E-state index < -0.39 is 0 Å². The first kappa shape index (κ1) is 14.5. The largest absolute Gasteiger partial charge is 0.293 e. The van der Waals surface area contributed by atoms with Gasteiger partial charge in [-0.1, -0.05) is 41.4 Å². The first-order chi connectivity index (χ1) is 10.0. The predicted molar refractivity (Wildman–Crippen MR) is 86.3 cm³/mol. The van der Waals surface area contributed by atoms with E-state index in [1.807, 2.05) is 0 Å². The number of carbonyl (C=O) groups excluding carboxylic acids is 1. The molecule has 5 heteroatoms. The first-order valence-corrected chi connectivity index (χ1v) is 7.77. The van der Waals surface area contributed by atoms with E-state index in [-0.39, 0.29) is 18.0 Å². The molecule has 0 spiro atoms. The molecule has 0 saturated heterocycles. The Labute approximate surface area is 134 Å². The van der Waals surface area contributed by atoms with Crippen LogP contribution in [0, 0.1) is 5.82 Å². The highest BCUT2D eigenvalue weighted by molar-refractivity contribution is 7.20. The minimum Gasteiger partial charge on any atom is -0.293 e. The molecule has 0 atom stereocenters. The van der Waals surface area contributed by atoms with Crippen molar-refractivity contribution in [3.8, 4) is 0 Å². The lowest BCUT2D eigenvalue weighted by Gasteiger charge is -2.03. The van der Waals surface area contributed by atoms with Crippen molar-refractivity contribution in [1.82, 2.24) is 0 Å². The Balaban J connectivity index is 1.91. The summed E-state index contributed by atoms with van der Waals surface area (Å²) >= 11 is 13.3. The molecule has 1 nitrogen and oxygen atoms in total. The maximum atomic E-state index is 13.2. The fourth-order valence-corrected chi connectivity index (χ4v) is 3.50. The van der Waals surface area contributed by atoms with Crippen LogP contribution in [0.1, 0.15) is 15.2 Å². The maximum absolute atomic E-state index is 13.2. The van der Waals surface area contributed by atoms with Gasteiger partial charge in [-0.3, -0.25) is 4.79 Å². The van der Waals surface area contributed by atoms with E-state index in [1.54, 1.807) is 30.3 Å². The number of benzene rings is 2. The zero-order chi connectivity index (χ0) is 15.0. The summed E-state index contributed by atoms with van der Waals surface area (Å²) in [5.41, 5.74) is 0.692. The lowest BCUT2D eigenvalue weighted by molar-refractivity contribution is 0.0997.